The lowest BCUT2D eigenvalue weighted by Crippen LogP contribution is -2.31. The zero-order valence-electron chi connectivity index (χ0n) is 23.7. The zero-order chi connectivity index (χ0) is 28.0. The van der Waals surface area contributed by atoms with E-state index in [4.69, 9.17) is 11.0 Å². The average molecular weight is 522 g/mol. The van der Waals surface area contributed by atoms with Gasteiger partial charge >= 0.3 is 0 Å². The van der Waals surface area contributed by atoms with Gasteiger partial charge in [0.15, 0.2) is 11.9 Å². The molecule has 2 aromatic heterocycles. The fourth-order valence-corrected chi connectivity index (χ4v) is 5.69. The van der Waals surface area contributed by atoms with Crippen molar-refractivity contribution >= 4 is 27.6 Å². The summed E-state index contributed by atoms with van der Waals surface area (Å²) in [5, 5.41) is 1.86. The van der Waals surface area contributed by atoms with Gasteiger partial charge in [-0.3, -0.25) is 0 Å². The predicted molar refractivity (Wildman–Crippen MR) is 165 cm³/mol. The third-order valence-electron chi connectivity index (χ3n) is 7.58. The highest BCUT2D eigenvalue weighted by atomic mass is 16.3. The van der Waals surface area contributed by atoms with Crippen molar-refractivity contribution < 1.29 is 8.98 Å². The van der Waals surface area contributed by atoms with Crippen LogP contribution in [0.4, 0.5) is 5.69 Å². The van der Waals surface area contributed by atoms with Crippen LogP contribution in [-0.2, 0) is 13.5 Å². The van der Waals surface area contributed by atoms with Gasteiger partial charge in [-0.2, -0.15) is 0 Å². The highest BCUT2D eigenvalue weighted by Gasteiger charge is 2.23. The SMILES string of the molecule is [C-]#[N+]c1cc(-c2ccc(-c3ccccc3)cc2)cc2oc3c(-c4cc(CC(C)(C)C)cc[n+]4C)c(C)ccc3c12. The number of aryl methyl sites for hydroxylation is 2. The Labute approximate surface area is 236 Å². The summed E-state index contributed by atoms with van der Waals surface area (Å²) in [6.45, 7) is 17.0. The maximum atomic E-state index is 8.03. The second-order valence-corrected chi connectivity index (χ2v) is 11.9. The normalized spacial score (nSPS) is 11.7. The number of hydrogen-bond donors (Lipinski definition) is 0. The topological polar surface area (TPSA) is 21.4 Å². The van der Waals surface area contributed by atoms with Crippen LogP contribution in [0, 0.1) is 18.9 Å². The van der Waals surface area contributed by atoms with Crippen LogP contribution in [-0.4, -0.2) is 0 Å². The molecular formula is C37H33N2O+. The third kappa shape index (κ3) is 4.67. The quantitative estimate of drug-likeness (QED) is 0.167. The first-order valence-electron chi connectivity index (χ1n) is 13.7. The second-order valence-electron chi connectivity index (χ2n) is 11.9. The standard InChI is InChI=1S/C37H33N2O/c1-24-12-17-30-35-31(38-5)21-29(28-15-13-27(14-16-28)26-10-8-7-9-11-26)22-33(35)40-36(30)34(24)32-20-25(18-19-39(32)6)23-37(2,3)4/h7-22H,23H2,1-4,6H3/q+1. The first-order chi connectivity index (χ1) is 19.2. The summed E-state index contributed by atoms with van der Waals surface area (Å²) in [7, 11) is 2.08. The maximum Gasteiger partial charge on any atom is 0.216 e. The Kier molecular flexibility index (Phi) is 6.28. The van der Waals surface area contributed by atoms with Gasteiger partial charge in [-0.1, -0.05) is 87.5 Å². The van der Waals surface area contributed by atoms with E-state index in [-0.39, 0.29) is 5.41 Å². The molecule has 0 atom stereocenters. The van der Waals surface area contributed by atoms with E-state index in [2.05, 4.69) is 129 Å². The maximum absolute atomic E-state index is 8.03. The molecule has 0 aliphatic rings. The number of aromatic nitrogens is 1. The monoisotopic (exact) mass is 521 g/mol. The highest BCUT2D eigenvalue weighted by Crippen LogP contribution is 2.43. The molecule has 40 heavy (non-hydrogen) atoms. The van der Waals surface area contributed by atoms with Crippen molar-refractivity contribution in [3.8, 4) is 33.5 Å². The zero-order valence-corrected chi connectivity index (χ0v) is 23.7. The minimum absolute atomic E-state index is 0.192. The Hall–Kier alpha value is -4.68. The van der Waals surface area contributed by atoms with Crippen molar-refractivity contribution in [2.24, 2.45) is 12.5 Å². The van der Waals surface area contributed by atoms with Crippen molar-refractivity contribution in [1.29, 1.82) is 0 Å². The lowest BCUT2D eigenvalue weighted by molar-refractivity contribution is -0.660. The van der Waals surface area contributed by atoms with Crippen molar-refractivity contribution in [1.82, 2.24) is 0 Å². The molecule has 3 heteroatoms. The minimum Gasteiger partial charge on any atom is -0.457 e. The summed E-state index contributed by atoms with van der Waals surface area (Å²) in [6.07, 6.45) is 3.13. The summed E-state index contributed by atoms with van der Waals surface area (Å²) < 4.78 is 8.82. The Bertz CT molecular complexity index is 1910. The van der Waals surface area contributed by atoms with Gasteiger partial charge in [-0.25, -0.2) is 9.41 Å². The molecule has 0 saturated heterocycles. The summed E-state index contributed by atoms with van der Waals surface area (Å²) in [5.74, 6) is 0. The molecular weight excluding hydrogens is 488 g/mol. The van der Waals surface area contributed by atoms with E-state index >= 15 is 0 Å². The van der Waals surface area contributed by atoms with Crippen LogP contribution in [0.5, 0.6) is 0 Å². The molecule has 0 radical (unpaired) electrons. The van der Waals surface area contributed by atoms with Gasteiger partial charge in [0.05, 0.1) is 12.1 Å². The molecule has 0 amide bonds. The van der Waals surface area contributed by atoms with Gasteiger partial charge in [0.25, 0.3) is 0 Å². The molecule has 0 bridgehead atoms. The number of rotatable bonds is 4. The van der Waals surface area contributed by atoms with Gasteiger partial charge in [0.2, 0.25) is 5.69 Å². The van der Waals surface area contributed by atoms with Crippen LogP contribution in [0.15, 0.2) is 102 Å². The molecule has 0 saturated carbocycles. The summed E-state index contributed by atoms with van der Waals surface area (Å²) in [6, 6.07) is 31.7. The Morgan fingerprint density at radius 2 is 1.48 bits per heavy atom. The van der Waals surface area contributed by atoms with Gasteiger partial charge in [0, 0.05) is 22.9 Å². The molecule has 0 spiro atoms. The lowest BCUT2D eigenvalue weighted by Gasteiger charge is -2.18. The molecule has 0 unspecified atom stereocenters. The molecule has 0 aliphatic heterocycles. The molecule has 0 fully saturated rings. The number of nitrogens with zero attached hydrogens (tertiary/aromatic N) is 2. The van der Waals surface area contributed by atoms with E-state index in [9.17, 15) is 0 Å². The van der Waals surface area contributed by atoms with E-state index in [0.29, 0.717) is 5.69 Å². The van der Waals surface area contributed by atoms with Crippen LogP contribution in [0.1, 0.15) is 31.9 Å². The number of benzene rings is 4. The van der Waals surface area contributed by atoms with Crippen molar-refractivity contribution in [3.63, 3.8) is 0 Å². The largest absolute Gasteiger partial charge is 0.457 e. The minimum atomic E-state index is 0.192. The van der Waals surface area contributed by atoms with Gasteiger partial charge in [0.1, 0.15) is 18.2 Å². The smallest absolute Gasteiger partial charge is 0.216 e. The van der Waals surface area contributed by atoms with Crippen LogP contribution in [0.25, 0.3) is 60.3 Å². The number of furan rings is 1. The Balaban J connectivity index is 1.51. The average Bonchev–Trinajstić information content (AvgIpc) is 3.32. The second kappa shape index (κ2) is 9.81. The molecule has 0 N–H and O–H groups in total. The molecule has 3 nitrogen and oxygen atoms in total. The summed E-state index contributed by atoms with van der Waals surface area (Å²) >= 11 is 0. The first kappa shape index (κ1) is 25.6. The third-order valence-corrected chi connectivity index (χ3v) is 7.58. The summed E-state index contributed by atoms with van der Waals surface area (Å²) in [5.41, 5.74) is 11.4. The van der Waals surface area contributed by atoms with Gasteiger partial charge < -0.3 is 4.42 Å². The predicted octanol–water partition coefficient (Wildman–Crippen LogP) is 9.86. The Morgan fingerprint density at radius 1 is 0.800 bits per heavy atom. The summed E-state index contributed by atoms with van der Waals surface area (Å²) in [4.78, 5) is 3.95. The highest BCUT2D eigenvalue weighted by molar-refractivity contribution is 6.16. The van der Waals surface area contributed by atoms with Crippen molar-refractivity contribution in [2.45, 2.75) is 34.1 Å². The molecule has 196 valence electrons. The van der Waals surface area contributed by atoms with Gasteiger partial charge in [-0.05, 0) is 64.3 Å². The van der Waals surface area contributed by atoms with E-state index in [0.717, 1.165) is 56.3 Å². The molecule has 2 heterocycles. The van der Waals surface area contributed by atoms with Crippen molar-refractivity contribution in [3.05, 3.63) is 120 Å². The van der Waals surface area contributed by atoms with E-state index in [1.807, 2.05) is 12.1 Å². The van der Waals surface area contributed by atoms with E-state index in [1.165, 1.54) is 16.7 Å². The number of fused-ring (bicyclic) bond motifs is 3. The molecule has 6 aromatic rings. The van der Waals surface area contributed by atoms with E-state index in [1.54, 1.807) is 0 Å². The number of pyridine rings is 1. The van der Waals surface area contributed by atoms with Crippen LogP contribution >= 0.6 is 0 Å². The van der Waals surface area contributed by atoms with Crippen LogP contribution < -0.4 is 4.57 Å². The van der Waals surface area contributed by atoms with Crippen LogP contribution in [0.2, 0.25) is 0 Å². The number of hydrogen-bond acceptors (Lipinski definition) is 1. The Morgan fingerprint density at radius 3 is 2.15 bits per heavy atom. The first-order valence-corrected chi connectivity index (χ1v) is 13.7. The molecule has 4 aromatic carbocycles. The van der Waals surface area contributed by atoms with Crippen LogP contribution in [0.3, 0.4) is 0 Å². The molecule has 6 rings (SSSR count). The van der Waals surface area contributed by atoms with E-state index < -0.39 is 0 Å². The fourth-order valence-electron chi connectivity index (χ4n) is 5.69. The van der Waals surface area contributed by atoms with Gasteiger partial charge in [-0.15, -0.1) is 0 Å². The van der Waals surface area contributed by atoms with Crippen molar-refractivity contribution in [2.75, 3.05) is 0 Å². The molecule has 0 aliphatic carbocycles. The lowest BCUT2D eigenvalue weighted by atomic mass is 9.87. The fraction of sp³-hybridized carbons (Fsp3) is 0.189.